The van der Waals surface area contributed by atoms with Crippen LogP contribution < -0.4 is 4.90 Å². The zero-order valence-corrected chi connectivity index (χ0v) is 18.4. The second-order valence-corrected chi connectivity index (χ2v) is 8.68. The van der Waals surface area contributed by atoms with E-state index in [2.05, 4.69) is 138 Å². The molecule has 140 valence electrons. The molecule has 2 heteroatoms. The standard InChI is InChI=1S/C26H24IN/c1-19-13-18-25(27)26(20(19)2)21-14-16-24(17-15-21)28(22-9-5-3-6-10-22)23-11-7-4-8-12-23/h3-18,25-26H,1-2H3/t25-,26?/m0/s1. The van der Waals surface area contributed by atoms with E-state index in [1.165, 1.54) is 33.8 Å². The molecule has 1 aliphatic carbocycles. The zero-order chi connectivity index (χ0) is 19.5. The van der Waals surface area contributed by atoms with Crippen molar-refractivity contribution < 1.29 is 0 Å². The van der Waals surface area contributed by atoms with Crippen LogP contribution in [0.5, 0.6) is 0 Å². The Morgan fingerprint density at radius 2 is 1.18 bits per heavy atom. The highest BCUT2D eigenvalue weighted by Crippen LogP contribution is 2.40. The molecule has 3 aromatic carbocycles. The highest BCUT2D eigenvalue weighted by molar-refractivity contribution is 14.1. The molecule has 0 radical (unpaired) electrons. The lowest BCUT2D eigenvalue weighted by atomic mass is 9.83. The van der Waals surface area contributed by atoms with Gasteiger partial charge in [-0.2, -0.15) is 0 Å². The lowest BCUT2D eigenvalue weighted by Gasteiger charge is -2.29. The zero-order valence-electron chi connectivity index (χ0n) is 16.2. The van der Waals surface area contributed by atoms with Crippen molar-refractivity contribution in [1.29, 1.82) is 0 Å². The van der Waals surface area contributed by atoms with Crippen LogP contribution in [0.2, 0.25) is 0 Å². The molecule has 0 aliphatic heterocycles. The van der Waals surface area contributed by atoms with Crippen LogP contribution in [0.15, 0.2) is 108 Å². The van der Waals surface area contributed by atoms with Gasteiger partial charge >= 0.3 is 0 Å². The van der Waals surface area contributed by atoms with E-state index in [4.69, 9.17) is 0 Å². The van der Waals surface area contributed by atoms with Gasteiger partial charge in [-0.15, -0.1) is 0 Å². The van der Waals surface area contributed by atoms with E-state index in [1.54, 1.807) is 0 Å². The lowest BCUT2D eigenvalue weighted by Crippen LogP contribution is -2.16. The van der Waals surface area contributed by atoms with Crippen molar-refractivity contribution in [3.63, 3.8) is 0 Å². The van der Waals surface area contributed by atoms with E-state index in [-0.39, 0.29) is 0 Å². The molecule has 28 heavy (non-hydrogen) atoms. The lowest BCUT2D eigenvalue weighted by molar-refractivity contribution is 0.819. The minimum Gasteiger partial charge on any atom is -0.311 e. The number of halogens is 1. The topological polar surface area (TPSA) is 3.24 Å². The monoisotopic (exact) mass is 477 g/mol. The first kappa shape index (κ1) is 19.0. The largest absolute Gasteiger partial charge is 0.311 e. The molecule has 0 saturated carbocycles. The molecule has 0 amide bonds. The molecule has 0 bridgehead atoms. The quantitative estimate of drug-likeness (QED) is 0.272. The highest BCUT2D eigenvalue weighted by Gasteiger charge is 2.24. The summed E-state index contributed by atoms with van der Waals surface area (Å²) in [6.45, 7) is 4.48. The molecule has 1 nitrogen and oxygen atoms in total. The fraction of sp³-hybridized carbons (Fsp3) is 0.154. The Labute approximate surface area is 181 Å². The molecule has 4 rings (SSSR count). The predicted octanol–water partition coefficient (Wildman–Crippen LogP) is 7.95. The molecule has 1 unspecified atom stereocenters. The Hall–Kier alpha value is -2.33. The molecule has 2 atom stereocenters. The van der Waals surface area contributed by atoms with Gasteiger partial charge in [0.1, 0.15) is 0 Å². The first-order valence-corrected chi connectivity index (χ1v) is 10.9. The first-order chi connectivity index (χ1) is 13.6. The van der Waals surface area contributed by atoms with Gasteiger partial charge in [0.25, 0.3) is 0 Å². The van der Waals surface area contributed by atoms with Gasteiger partial charge in [0.05, 0.1) is 0 Å². The van der Waals surface area contributed by atoms with Gasteiger partial charge in [0, 0.05) is 26.9 Å². The molecule has 0 saturated heterocycles. The van der Waals surface area contributed by atoms with Crippen LogP contribution in [0.3, 0.4) is 0 Å². The van der Waals surface area contributed by atoms with Crippen LogP contribution >= 0.6 is 22.6 Å². The number of rotatable bonds is 4. The van der Waals surface area contributed by atoms with Crippen LogP contribution in [0, 0.1) is 0 Å². The summed E-state index contributed by atoms with van der Waals surface area (Å²) in [7, 11) is 0. The van der Waals surface area contributed by atoms with Crippen molar-refractivity contribution in [3.8, 4) is 0 Å². The second-order valence-electron chi connectivity index (χ2n) is 7.25. The average molecular weight is 477 g/mol. The van der Waals surface area contributed by atoms with Crippen LogP contribution in [0.1, 0.15) is 25.3 Å². The number of benzene rings is 3. The summed E-state index contributed by atoms with van der Waals surface area (Å²) >= 11 is 2.56. The van der Waals surface area contributed by atoms with E-state index >= 15 is 0 Å². The summed E-state index contributed by atoms with van der Waals surface area (Å²) in [6.07, 6.45) is 4.57. The summed E-state index contributed by atoms with van der Waals surface area (Å²) < 4.78 is 0.492. The van der Waals surface area contributed by atoms with Gasteiger partial charge in [-0.25, -0.2) is 0 Å². The van der Waals surface area contributed by atoms with Gasteiger partial charge in [-0.1, -0.05) is 94.4 Å². The first-order valence-electron chi connectivity index (χ1n) is 9.65. The summed E-state index contributed by atoms with van der Waals surface area (Å²) in [4.78, 5) is 2.31. The van der Waals surface area contributed by atoms with E-state index in [9.17, 15) is 0 Å². The smallest absolute Gasteiger partial charge is 0.0461 e. The number of hydrogen-bond donors (Lipinski definition) is 0. The molecule has 3 aromatic rings. The Morgan fingerprint density at radius 1 is 0.679 bits per heavy atom. The number of nitrogens with zero attached hydrogens (tertiary/aromatic N) is 1. The fourth-order valence-corrected chi connectivity index (χ4v) is 4.99. The van der Waals surface area contributed by atoms with Crippen molar-refractivity contribution in [2.75, 3.05) is 4.90 Å². The molecule has 0 heterocycles. The van der Waals surface area contributed by atoms with Crippen LogP contribution in [0.25, 0.3) is 0 Å². The van der Waals surface area contributed by atoms with Crippen molar-refractivity contribution in [2.45, 2.75) is 23.7 Å². The highest BCUT2D eigenvalue weighted by atomic mass is 127. The van der Waals surface area contributed by atoms with Crippen molar-refractivity contribution in [3.05, 3.63) is 114 Å². The van der Waals surface area contributed by atoms with Gasteiger partial charge in [0.2, 0.25) is 0 Å². The number of anilines is 3. The summed E-state index contributed by atoms with van der Waals surface area (Å²) in [5.41, 5.74) is 7.75. The van der Waals surface area contributed by atoms with Gasteiger partial charge < -0.3 is 4.90 Å². The number of allylic oxidation sites excluding steroid dienone is 4. The van der Waals surface area contributed by atoms with Crippen molar-refractivity contribution >= 4 is 39.7 Å². The normalized spacial score (nSPS) is 19.0. The SMILES string of the molecule is CC1=C(C)C(c2ccc(N(c3ccccc3)c3ccccc3)cc2)[C@@H](I)C=C1. The molecule has 0 N–H and O–H groups in total. The minimum absolute atomic E-state index is 0.446. The summed E-state index contributed by atoms with van der Waals surface area (Å²) in [5.74, 6) is 0.446. The van der Waals surface area contributed by atoms with E-state index < -0.39 is 0 Å². The third-order valence-corrected chi connectivity index (χ3v) is 6.61. The van der Waals surface area contributed by atoms with E-state index in [0.717, 1.165) is 0 Å². The molecule has 1 aliphatic rings. The van der Waals surface area contributed by atoms with Crippen LogP contribution in [-0.2, 0) is 0 Å². The Bertz CT molecular complexity index is 948. The van der Waals surface area contributed by atoms with E-state index in [1.807, 2.05) is 0 Å². The second kappa shape index (κ2) is 8.36. The van der Waals surface area contributed by atoms with Crippen molar-refractivity contribution in [1.82, 2.24) is 0 Å². The molecule has 0 fully saturated rings. The fourth-order valence-electron chi connectivity index (χ4n) is 3.83. The third-order valence-electron chi connectivity index (χ3n) is 5.48. The van der Waals surface area contributed by atoms with E-state index in [0.29, 0.717) is 9.84 Å². The third kappa shape index (κ3) is 3.79. The van der Waals surface area contributed by atoms with Crippen molar-refractivity contribution in [2.24, 2.45) is 0 Å². The average Bonchev–Trinajstić information content (AvgIpc) is 2.74. The predicted molar refractivity (Wildman–Crippen MR) is 129 cm³/mol. The molecular formula is C26H24IN. The van der Waals surface area contributed by atoms with Crippen LogP contribution in [-0.4, -0.2) is 3.92 Å². The minimum atomic E-state index is 0.446. The van der Waals surface area contributed by atoms with Crippen LogP contribution in [0.4, 0.5) is 17.1 Å². The summed E-state index contributed by atoms with van der Waals surface area (Å²) in [5, 5.41) is 0. The Kier molecular flexibility index (Phi) is 5.67. The molecule has 0 spiro atoms. The maximum atomic E-state index is 2.56. The maximum Gasteiger partial charge on any atom is 0.0461 e. The molecule has 0 aromatic heterocycles. The number of alkyl halides is 1. The van der Waals surface area contributed by atoms with Gasteiger partial charge in [0.15, 0.2) is 0 Å². The Balaban J connectivity index is 1.73. The number of para-hydroxylation sites is 2. The summed E-state index contributed by atoms with van der Waals surface area (Å²) in [6, 6.07) is 30.2. The number of hydrogen-bond acceptors (Lipinski definition) is 1. The Morgan fingerprint density at radius 3 is 1.71 bits per heavy atom. The molecular weight excluding hydrogens is 453 g/mol. The van der Waals surface area contributed by atoms with Gasteiger partial charge in [-0.3, -0.25) is 0 Å². The maximum absolute atomic E-state index is 2.56. The van der Waals surface area contributed by atoms with Gasteiger partial charge in [-0.05, 0) is 55.8 Å².